The molecule has 1 unspecified atom stereocenters. The maximum Gasteiger partial charge on any atom is 0.573 e. The van der Waals surface area contributed by atoms with Gasteiger partial charge in [-0.25, -0.2) is 4.79 Å². The Morgan fingerprint density at radius 2 is 1.89 bits per heavy atom. The van der Waals surface area contributed by atoms with E-state index in [1.165, 1.54) is 24.0 Å². The first-order chi connectivity index (χ1) is 12.3. The summed E-state index contributed by atoms with van der Waals surface area (Å²) in [5.74, 6) is -0.0410. The van der Waals surface area contributed by atoms with Crippen molar-refractivity contribution in [2.75, 3.05) is 0 Å². The SMILES string of the molecule is Cc1ccc(OC2CC(N3C(=O)NC(C)(C)C3(C)O)C2)cc1OC(F)(F)F. The van der Waals surface area contributed by atoms with Crippen LogP contribution in [-0.4, -0.2) is 45.8 Å². The second-order valence-corrected chi connectivity index (χ2v) is 7.79. The number of amides is 2. The first-order valence-corrected chi connectivity index (χ1v) is 8.67. The van der Waals surface area contributed by atoms with Crippen molar-refractivity contribution in [1.29, 1.82) is 0 Å². The third kappa shape index (κ3) is 3.65. The smallest absolute Gasteiger partial charge is 0.490 e. The molecule has 0 aromatic heterocycles. The van der Waals surface area contributed by atoms with Crippen LogP contribution in [0.4, 0.5) is 18.0 Å². The van der Waals surface area contributed by atoms with Crippen LogP contribution in [-0.2, 0) is 0 Å². The van der Waals surface area contributed by atoms with Crippen LogP contribution in [0.1, 0.15) is 39.2 Å². The fourth-order valence-corrected chi connectivity index (χ4v) is 3.39. The highest BCUT2D eigenvalue weighted by Crippen LogP contribution is 2.41. The monoisotopic (exact) mass is 388 g/mol. The van der Waals surface area contributed by atoms with Gasteiger partial charge in [-0.2, -0.15) is 0 Å². The minimum Gasteiger partial charge on any atom is -0.490 e. The van der Waals surface area contributed by atoms with Crippen molar-refractivity contribution >= 4 is 6.03 Å². The minimum atomic E-state index is -4.77. The van der Waals surface area contributed by atoms with E-state index in [-0.39, 0.29) is 29.7 Å². The molecule has 2 aliphatic rings. The molecule has 6 nitrogen and oxygen atoms in total. The van der Waals surface area contributed by atoms with E-state index >= 15 is 0 Å². The summed E-state index contributed by atoms with van der Waals surface area (Å²) in [6.45, 7) is 6.58. The van der Waals surface area contributed by atoms with E-state index in [1.807, 2.05) is 0 Å². The molecule has 1 saturated heterocycles. The summed E-state index contributed by atoms with van der Waals surface area (Å²) in [6.07, 6.45) is -4.08. The van der Waals surface area contributed by atoms with E-state index < -0.39 is 17.6 Å². The van der Waals surface area contributed by atoms with Crippen molar-refractivity contribution in [3.8, 4) is 11.5 Å². The topological polar surface area (TPSA) is 71.0 Å². The van der Waals surface area contributed by atoms with Crippen molar-refractivity contribution in [2.45, 2.75) is 70.3 Å². The minimum absolute atomic E-state index is 0.205. The lowest BCUT2D eigenvalue weighted by Gasteiger charge is -2.47. The summed E-state index contributed by atoms with van der Waals surface area (Å²) in [5, 5.41) is 13.5. The van der Waals surface area contributed by atoms with Crippen molar-refractivity contribution in [1.82, 2.24) is 10.2 Å². The number of halogens is 3. The van der Waals surface area contributed by atoms with Gasteiger partial charge in [0, 0.05) is 24.9 Å². The Labute approximate surface area is 155 Å². The Morgan fingerprint density at radius 3 is 2.41 bits per heavy atom. The number of benzene rings is 1. The van der Waals surface area contributed by atoms with Crippen molar-refractivity contribution in [3.05, 3.63) is 23.8 Å². The van der Waals surface area contributed by atoms with Gasteiger partial charge in [0.15, 0.2) is 5.72 Å². The number of aryl methyl sites for hydroxylation is 1. The normalized spacial score (nSPS) is 29.9. The molecule has 0 spiro atoms. The standard InChI is InChI=1S/C18H23F3N2O4/c1-10-5-6-12(9-14(10)27-18(19,20)21)26-13-7-11(8-13)23-15(24)22-16(2,3)17(23,4)25/h5-6,9,11,13,25H,7-8H2,1-4H3,(H,22,24). The number of nitrogens with zero attached hydrogens (tertiary/aromatic N) is 1. The number of nitrogens with one attached hydrogen (secondary N) is 1. The molecular weight excluding hydrogens is 365 g/mol. The van der Waals surface area contributed by atoms with Crippen molar-refractivity contribution < 1.29 is 32.5 Å². The van der Waals surface area contributed by atoms with Crippen molar-refractivity contribution in [3.63, 3.8) is 0 Å². The summed E-state index contributed by atoms with van der Waals surface area (Å²) in [5.41, 5.74) is -1.80. The molecule has 1 aromatic carbocycles. The van der Waals surface area contributed by atoms with Crippen LogP contribution in [0.3, 0.4) is 0 Å². The summed E-state index contributed by atoms with van der Waals surface area (Å²) in [7, 11) is 0. The maximum atomic E-state index is 12.5. The van der Waals surface area contributed by atoms with Gasteiger partial charge in [-0.15, -0.1) is 13.2 Å². The molecule has 2 fully saturated rings. The molecule has 2 amide bonds. The summed E-state index contributed by atoms with van der Waals surface area (Å²) < 4.78 is 47.1. The molecule has 1 saturated carbocycles. The maximum absolute atomic E-state index is 12.5. The molecule has 1 aliphatic carbocycles. The molecular formula is C18H23F3N2O4. The zero-order valence-electron chi connectivity index (χ0n) is 15.6. The van der Waals surface area contributed by atoms with Crippen molar-refractivity contribution in [2.24, 2.45) is 0 Å². The lowest BCUT2D eigenvalue weighted by molar-refractivity contribution is -0.274. The summed E-state index contributed by atoms with van der Waals surface area (Å²) in [6, 6.07) is 3.73. The fraction of sp³-hybridized carbons (Fsp3) is 0.611. The van der Waals surface area contributed by atoms with E-state index in [0.29, 0.717) is 18.4 Å². The van der Waals surface area contributed by atoms with E-state index in [9.17, 15) is 23.1 Å². The second kappa shape index (κ2) is 6.19. The predicted octanol–water partition coefficient (Wildman–Crippen LogP) is 3.32. The van der Waals surface area contributed by atoms with E-state index in [0.717, 1.165) is 0 Å². The fourth-order valence-electron chi connectivity index (χ4n) is 3.39. The molecule has 1 heterocycles. The number of hydrogen-bond acceptors (Lipinski definition) is 4. The number of carbonyl (C=O) groups excluding carboxylic acids is 1. The molecule has 0 radical (unpaired) electrons. The highest BCUT2D eigenvalue weighted by molar-refractivity contribution is 5.79. The molecule has 1 aliphatic heterocycles. The lowest BCUT2D eigenvalue weighted by atomic mass is 9.84. The van der Waals surface area contributed by atoms with Gasteiger partial charge in [0.25, 0.3) is 0 Å². The Balaban J connectivity index is 1.63. The van der Waals surface area contributed by atoms with Crippen LogP contribution in [0.2, 0.25) is 0 Å². The first kappa shape index (κ1) is 19.6. The molecule has 150 valence electrons. The Hall–Kier alpha value is -2.16. The van der Waals surface area contributed by atoms with Gasteiger partial charge in [-0.05, 0) is 39.3 Å². The van der Waals surface area contributed by atoms with Crippen LogP contribution in [0.15, 0.2) is 18.2 Å². The number of urea groups is 1. The number of aliphatic hydroxyl groups is 1. The molecule has 27 heavy (non-hydrogen) atoms. The van der Waals surface area contributed by atoms with Crippen LogP contribution in [0.25, 0.3) is 0 Å². The van der Waals surface area contributed by atoms with Gasteiger partial charge in [0.05, 0.1) is 5.54 Å². The summed E-state index contributed by atoms with van der Waals surface area (Å²) in [4.78, 5) is 13.6. The molecule has 2 N–H and O–H groups in total. The highest BCUT2D eigenvalue weighted by atomic mass is 19.4. The van der Waals surface area contributed by atoms with Crippen LogP contribution in [0.5, 0.6) is 11.5 Å². The molecule has 1 atom stereocenters. The molecule has 0 bridgehead atoms. The first-order valence-electron chi connectivity index (χ1n) is 8.67. The third-order valence-electron chi connectivity index (χ3n) is 5.41. The zero-order valence-corrected chi connectivity index (χ0v) is 15.6. The Bertz CT molecular complexity index is 743. The molecule has 1 aromatic rings. The number of carbonyl (C=O) groups is 1. The average Bonchev–Trinajstić information content (AvgIpc) is 2.61. The molecule has 3 rings (SSSR count). The van der Waals surface area contributed by atoms with Crippen LogP contribution in [0, 0.1) is 6.92 Å². The Kier molecular flexibility index (Phi) is 4.49. The predicted molar refractivity (Wildman–Crippen MR) is 90.4 cm³/mol. The zero-order chi connectivity index (χ0) is 20.2. The van der Waals surface area contributed by atoms with E-state index in [4.69, 9.17) is 4.74 Å². The lowest BCUT2D eigenvalue weighted by Crippen LogP contribution is -2.61. The molecule has 9 heteroatoms. The second-order valence-electron chi connectivity index (χ2n) is 7.79. The quantitative estimate of drug-likeness (QED) is 0.830. The van der Waals surface area contributed by atoms with E-state index in [2.05, 4.69) is 10.1 Å². The van der Waals surface area contributed by atoms with Crippen LogP contribution >= 0.6 is 0 Å². The number of ether oxygens (including phenoxy) is 2. The van der Waals surface area contributed by atoms with E-state index in [1.54, 1.807) is 26.8 Å². The van der Waals surface area contributed by atoms with Gasteiger partial charge in [0.1, 0.15) is 17.6 Å². The van der Waals surface area contributed by atoms with Gasteiger partial charge < -0.3 is 19.9 Å². The van der Waals surface area contributed by atoms with Crippen LogP contribution < -0.4 is 14.8 Å². The van der Waals surface area contributed by atoms with Gasteiger partial charge in [-0.1, -0.05) is 6.07 Å². The van der Waals surface area contributed by atoms with Gasteiger partial charge in [0.2, 0.25) is 0 Å². The van der Waals surface area contributed by atoms with Gasteiger partial charge in [-0.3, -0.25) is 4.90 Å². The largest absolute Gasteiger partial charge is 0.573 e. The van der Waals surface area contributed by atoms with Gasteiger partial charge >= 0.3 is 12.4 Å². The summed E-state index contributed by atoms with van der Waals surface area (Å²) >= 11 is 0. The third-order valence-corrected chi connectivity index (χ3v) is 5.41. The Morgan fingerprint density at radius 1 is 1.26 bits per heavy atom. The highest BCUT2D eigenvalue weighted by Gasteiger charge is 2.58. The number of hydrogen-bond donors (Lipinski definition) is 2. The average molecular weight is 388 g/mol. The number of rotatable bonds is 4. The number of alkyl halides is 3.